The van der Waals surface area contributed by atoms with Crippen molar-refractivity contribution in [2.75, 3.05) is 35.2 Å². The van der Waals surface area contributed by atoms with Crippen LogP contribution >= 0.6 is 24.8 Å². The number of nitrogens with zero attached hydrogens (tertiary/aromatic N) is 2. The first-order valence-corrected chi connectivity index (χ1v) is 9.19. The van der Waals surface area contributed by atoms with Crippen LogP contribution in [0.3, 0.4) is 0 Å². The van der Waals surface area contributed by atoms with E-state index in [4.69, 9.17) is 0 Å². The fraction of sp³-hybridized carbons (Fsp3) is 0.400. The van der Waals surface area contributed by atoms with Gasteiger partial charge in [-0.25, -0.2) is 4.98 Å². The Morgan fingerprint density at radius 2 is 1.85 bits per heavy atom. The number of aromatic nitrogens is 1. The number of hydrogen-bond donors (Lipinski definition) is 2. The molecule has 7 heteroatoms. The first kappa shape index (κ1) is 21.3. The molecule has 1 aromatic carbocycles. The van der Waals surface area contributed by atoms with E-state index in [2.05, 4.69) is 20.5 Å². The normalized spacial score (nSPS) is 15.5. The van der Waals surface area contributed by atoms with Gasteiger partial charge in [0.15, 0.2) is 0 Å². The minimum atomic E-state index is -0.0620. The predicted molar refractivity (Wildman–Crippen MR) is 116 cm³/mol. The van der Waals surface area contributed by atoms with E-state index in [-0.39, 0.29) is 30.7 Å². The van der Waals surface area contributed by atoms with Crippen LogP contribution in [0.25, 0.3) is 0 Å². The number of piperidine rings is 1. The smallest absolute Gasteiger partial charge is 0.256 e. The van der Waals surface area contributed by atoms with E-state index in [9.17, 15) is 4.79 Å². The summed E-state index contributed by atoms with van der Waals surface area (Å²) >= 11 is 0. The molecule has 1 aromatic heterocycles. The summed E-state index contributed by atoms with van der Waals surface area (Å²) in [5.74, 6) is 0.937. The van der Waals surface area contributed by atoms with E-state index < -0.39 is 0 Å². The molecular weight excluding hydrogens is 383 g/mol. The Bertz CT molecular complexity index is 761. The van der Waals surface area contributed by atoms with Gasteiger partial charge in [-0.15, -0.1) is 24.8 Å². The molecule has 0 aliphatic carbocycles. The fourth-order valence-electron chi connectivity index (χ4n) is 3.69. The number of rotatable bonds is 3. The lowest BCUT2D eigenvalue weighted by molar-refractivity contribution is 0.102. The highest BCUT2D eigenvalue weighted by Crippen LogP contribution is 2.26. The van der Waals surface area contributed by atoms with Gasteiger partial charge in [-0.2, -0.15) is 0 Å². The summed E-state index contributed by atoms with van der Waals surface area (Å²) in [6.45, 7) is 3.11. The number of carbonyl (C=O) groups is 1. The van der Waals surface area contributed by atoms with Crippen molar-refractivity contribution in [3.05, 3.63) is 47.7 Å². The van der Waals surface area contributed by atoms with Crippen LogP contribution in [-0.2, 0) is 6.42 Å². The first-order chi connectivity index (χ1) is 12.3. The summed E-state index contributed by atoms with van der Waals surface area (Å²) in [4.78, 5) is 19.5. The van der Waals surface area contributed by atoms with E-state index in [0.29, 0.717) is 0 Å². The van der Waals surface area contributed by atoms with Gasteiger partial charge in [-0.3, -0.25) is 4.79 Å². The van der Waals surface area contributed by atoms with Gasteiger partial charge in [-0.05, 0) is 61.9 Å². The highest BCUT2D eigenvalue weighted by molar-refractivity contribution is 6.06. The van der Waals surface area contributed by atoms with Gasteiger partial charge in [-0.1, -0.05) is 6.07 Å². The van der Waals surface area contributed by atoms with Crippen molar-refractivity contribution < 1.29 is 4.79 Å². The zero-order chi connectivity index (χ0) is 17.1. The molecule has 146 valence electrons. The van der Waals surface area contributed by atoms with Crippen LogP contribution in [-0.4, -0.2) is 30.5 Å². The highest BCUT2D eigenvalue weighted by atomic mass is 35.5. The number of pyridine rings is 1. The van der Waals surface area contributed by atoms with Gasteiger partial charge in [0.05, 0.1) is 11.9 Å². The molecule has 1 fully saturated rings. The number of nitrogens with one attached hydrogen (secondary N) is 2. The molecule has 0 unspecified atom stereocenters. The second-order valence-electron chi connectivity index (χ2n) is 6.77. The highest BCUT2D eigenvalue weighted by Gasteiger charge is 2.18. The summed E-state index contributed by atoms with van der Waals surface area (Å²) in [6, 6.07) is 9.83. The van der Waals surface area contributed by atoms with Crippen LogP contribution in [0.1, 0.15) is 41.6 Å². The molecule has 5 nitrogen and oxygen atoms in total. The molecule has 1 saturated heterocycles. The molecule has 2 aliphatic rings. The van der Waals surface area contributed by atoms with Crippen LogP contribution < -0.4 is 15.5 Å². The van der Waals surface area contributed by atoms with Crippen molar-refractivity contribution >= 4 is 47.9 Å². The van der Waals surface area contributed by atoms with Crippen molar-refractivity contribution in [1.82, 2.24) is 4.98 Å². The SMILES string of the molecule is Cl.Cl.O=C(Nc1ccc(N2CCCCC2)nc1)c1cccc2c1CCCN2. The molecule has 2 aliphatic heterocycles. The second kappa shape index (κ2) is 9.81. The lowest BCUT2D eigenvalue weighted by Gasteiger charge is -2.27. The van der Waals surface area contributed by atoms with Gasteiger partial charge in [0.1, 0.15) is 5.82 Å². The van der Waals surface area contributed by atoms with Gasteiger partial charge in [0.25, 0.3) is 5.91 Å². The number of anilines is 3. The van der Waals surface area contributed by atoms with Crippen molar-refractivity contribution in [3.8, 4) is 0 Å². The summed E-state index contributed by atoms with van der Waals surface area (Å²) < 4.78 is 0. The number of amides is 1. The topological polar surface area (TPSA) is 57.3 Å². The van der Waals surface area contributed by atoms with E-state index in [1.54, 1.807) is 6.20 Å². The Hall–Kier alpha value is -1.98. The first-order valence-electron chi connectivity index (χ1n) is 9.19. The largest absolute Gasteiger partial charge is 0.385 e. The molecular formula is C20H26Cl2N4O. The van der Waals surface area contributed by atoms with Gasteiger partial charge in [0, 0.05) is 30.9 Å². The van der Waals surface area contributed by atoms with Gasteiger partial charge in [0.2, 0.25) is 0 Å². The van der Waals surface area contributed by atoms with Crippen molar-refractivity contribution in [2.24, 2.45) is 0 Å². The Kier molecular flexibility index (Phi) is 7.75. The minimum Gasteiger partial charge on any atom is -0.385 e. The molecule has 0 saturated carbocycles. The van der Waals surface area contributed by atoms with Crippen LogP contribution in [0.5, 0.6) is 0 Å². The third kappa shape index (κ3) is 4.85. The van der Waals surface area contributed by atoms with Crippen LogP contribution in [0.15, 0.2) is 36.5 Å². The Balaban J connectivity index is 0.00000131. The Morgan fingerprint density at radius 1 is 1.04 bits per heavy atom. The molecule has 27 heavy (non-hydrogen) atoms. The van der Waals surface area contributed by atoms with Crippen molar-refractivity contribution in [2.45, 2.75) is 32.1 Å². The zero-order valence-electron chi connectivity index (χ0n) is 15.2. The van der Waals surface area contributed by atoms with Gasteiger partial charge < -0.3 is 15.5 Å². The fourth-order valence-corrected chi connectivity index (χ4v) is 3.69. The molecule has 4 rings (SSSR count). The second-order valence-corrected chi connectivity index (χ2v) is 6.77. The average molecular weight is 409 g/mol. The molecule has 0 bridgehead atoms. The van der Waals surface area contributed by atoms with Gasteiger partial charge >= 0.3 is 0 Å². The number of halogens is 2. The predicted octanol–water partition coefficient (Wildman–Crippen LogP) is 4.53. The van der Waals surface area contributed by atoms with E-state index >= 15 is 0 Å². The third-order valence-corrected chi connectivity index (χ3v) is 5.03. The number of benzene rings is 1. The molecule has 2 N–H and O–H groups in total. The summed E-state index contributed by atoms with van der Waals surface area (Å²) in [5.41, 5.74) is 3.69. The molecule has 0 spiro atoms. The Morgan fingerprint density at radius 3 is 2.59 bits per heavy atom. The summed E-state index contributed by atoms with van der Waals surface area (Å²) in [6.07, 6.45) is 7.53. The zero-order valence-corrected chi connectivity index (χ0v) is 16.9. The maximum Gasteiger partial charge on any atom is 0.256 e. The molecule has 0 radical (unpaired) electrons. The maximum absolute atomic E-state index is 12.7. The average Bonchev–Trinajstić information content (AvgIpc) is 2.69. The quantitative estimate of drug-likeness (QED) is 0.783. The van der Waals surface area contributed by atoms with Crippen molar-refractivity contribution in [3.63, 3.8) is 0 Å². The molecule has 0 atom stereocenters. The van der Waals surface area contributed by atoms with E-state index in [1.807, 2.05) is 30.3 Å². The van der Waals surface area contributed by atoms with E-state index in [1.165, 1.54) is 19.3 Å². The minimum absolute atomic E-state index is 0. The van der Waals surface area contributed by atoms with Crippen molar-refractivity contribution in [1.29, 1.82) is 0 Å². The monoisotopic (exact) mass is 408 g/mol. The maximum atomic E-state index is 12.7. The molecule has 3 heterocycles. The summed E-state index contributed by atoms with van der Waals surface area (Å²) in [5, 5.41) is 6.36. The number of hydrogen-bond acceptors (Lipinski definition) is 4. The standard InChI is InChI=1S/C20H24N4O.2ClH/c25-20(17-6-4-8-18-16(17)7-5-11-21-18)23-15-9-10-19(22-14-15)24-12-2-1-3-13-24;;/h4,6,8-10,14,21H,1-3,5,7,11-13H2,(H,23,25);2*1H. The Labute approximate surface area is 172 Å². The van der Waals surface area contributed by atoms with Crippen LogP contribution in [0.4, 0.5) is 17.2 Å². The van der Waals surface area contributed by atoms with Crippen LogP contribution in [0.2, 0.25) is 0 Å². The van der Waals surface area contributed by atoms with E-state index in [0.717, 1.165) is 60.8 Å². The summed E-state index contributed by atoms with van der Waals surface area (Å²) in [7, 11) is 0. The lowest BCUT2D eigenvalue weighted by atomic mass is 9.97. The third-order valence-electron chi connectivity index (χ3n) is 5.03. The number of carbonyl (C=O) groups excluding carboxylic acids is 1. The molecule has 2 aromatic rings. The van der Waals surface area contributed by atoms with Crippen LogP contribution in [0, 0.1) is 0 Å². The number of fused-ring (bicyclic) bond motifs is 1. The molecule has 1 amide bonds. The lowest BCUT2D eigenvalue weighted by Crippen LogP contribution is -2.30.